The van der Waals surface area contributed by atoms with Gasteiger partial charge in [-0.1, -0.05) is 86.7 Å². The van der Waals surface area contributed by atoms with Crippen molar-refractivity contribution in [3.8, 4) is 0 Å². The van der Waals surface area contributed by atoms with E-state index in [-0.39, 0.29) is 10.8 Å². The van der Waals surface area contributed by atoms with Crippen LogP contribution < -0.4 is 0 Å². The van der Waals surface area contributed by atoms with Crippen LogP contribution >= 0.6 is 0 Å². The molecule has 2 aromatic carbocycles. The van der Waals surface area contributed by atoms with Gasteiger partial charge in [0.05, 0.1) is 0 Å². The van der Waals surface area contributed by atoms with Crippen molar-refractivity contribution in [2.24, 2.45) is 10.8 Å². The topological polar surface area (TPSA) is 9.23 Å². The molecule has 0 spiro atoms. The van der Waals surface area contributed by atoms with Crippen LogP contribution in [-0.2, 0) is 10.0 Å². The first-order chi connectivity index (χ1) is 12.2. The molecule has 0 aliphatic carbocycles. The molecule has 1 saturated heterocycles. The molecular weight excluding hydrogens is 332 g/mol. The van der Waals surface area contributed by atoms with Crippen LogP contribution in [0.4, 0.5) is 0 Å². The predicted octanol–water partition coefficient (Wildman–Crippen LogP) is 6.55. The summed E-state index contributed by atoms with van der Waals surface area (Å²) < 4.78 is 7.15. The van der Waals surface area contributed by atoms with Crippen LogP contribution in [0.2, 0.25) is 19.1 Å². The van der Waals surface area contributed by atoms with E-state index in [1.807, 2.05) is 0 Å². The van der Waals surface area contributed by atoms with Gasteiger partial charge in [0.15, 0.2) is 8.32 Å². The van der Waals surface area contributed by atoms with E-state index in [2.05, 4.69) is 113 Å². The molecule has 3 rings (SSSR count). The second-order valence-corrected chi connectivity index (χ2v) is 12.6. The van der Waals surface area contributed by atoms with Crippen LogP contribution in [0.5, 0.6) is 0 Å². The van der Waals surface area contributed by atoms with Crippen LogP contribution in [0.3, 0.4) is 0 Å². The van der Waals surface area contributed by atoms with Gasteiger partial charge in [-0.05, 0) is 30.3 Å². The molecular formula is C24H30OSi. The number of hydrogen-bond acceptors (Lipinski definition) is 1. The van der Waals surface area contributed by atoms with E-state index in [0.717, 1.165) is 6.04 Å². The summed E-state index contributed by atoms with van der Waals surface area (Å²) in [5.74, 6) is 0. The minimum absolute atomic E-state index is 0.202. The maximum atomic E-state index is 7.15. The molecule has 1 aliphatic heterocycles. The summed E-state index contributed by atoms with van der Waals surface area (Å²) in [6, 6.07) is 22.3. The lowest BCUT2D eigenvalue weighted by Crippen LogP contribution is -2.64. The first-order valence-electron chi connectivity index (χ1n) is 9.33. The Bertz CT molecular complexity index is 742. The Morgan fingerprint density at radius 1 is 0.846 bits per heavy atom. The van der Waals surface area contributed by atoms with E-state index in [1.165, 1.54) is 11.1 Å². The maximum absolute atomic E-state index is 7.15. The molecule has 0 N–H and O–H groups in total. The molecule has 2 heteroatoms. The molecule has 1 aliphatic rings. The van der Waals surface area contributed by atoms with Gasteiger partial charge in [0.1, 0.15) is 5.60 Å². The standard InChI is InChI=1S/C24H30OSi/c1-7-23(8-2)19-26(5,6)25-24(22(23,3)4,20-15-11-9-12-16-20)21-17-13-10-14-18-21/h7-18H,1-2,19H2,3-6H3. The van der Waals surface area contributed by atoms with E-state index < -0.39 is 13.9 Å². The lowest BCUT2D eigenvalue weighted by molar-refractivity contribution is -0.0880. The van der Waals surface area contributed by atoms with E-state index in [1.54, 1.807) is 0 Å². The van der Waals surface area contributed by atoms with Crippen LogP contribution in [-0.4, -0.2) is 8.32 Å². The van der Waals surface area contributed by atoms with Crippen molar-refractivity contribution in [3.63, 3.8) is 0 Å². The maximum Gasteiger partial charge on any atom is 0.189 e. The Hall–Kier alpha value is -1.90. The van der Waals surface area contributed by atoms with Crippen molar-refractivity contribution >= 4 is 8.32 Å². The van der Waals surface area contributed by atoms with Gasteiger partial charge >= 0.3 is 0 Å². The van der Waals surface area contributed by atoms with Crippen LogP contribution in [0.1, 0.15) is 25.0 Å². The fourth-order valence-electron chi connectivity index (χ4n) is 4.92. The van der Waals surface area contributed by atoms with Crippen LogP contribution in [0, 0.1) is 10.8 Å². The quantitative estimate of drug-likeness (QED) is 0.442. The van der Waals surface area contributed by atoms with Crippen molar-refractivity contribution in [1.82, 2.24) is 0 Å². The molecule has 1 heterocycles. The average Bonchev–Trinajstić information content (AvgIpc) is 2.64. The van der Waals surface area contributed by atoms with Gasteiger partial charge in [0.25, 0.3) is 0 Å². The SMILES string of the molecule is C=CC1(C=C)C[Si](C)(C)OC(c2ccccc2)(c2ccccc2)C1(C)C. The molecule has 26 heavy (non-hydrogen) atoms. The van der Waals surface area contributed by atoms with E-state index in [0.29, 0.717) is 0 Å². The number of benzene rings is 2. The normalized spacial score (nSPS) is 22.3. The van der Waals surface area contributed by atoms with Gasteiger partial charge in [-0.25, -0.2) is 0 Å². The summed E-state index contributed by atoms with van der Waals surface area (Å²) in [6.07, 6.45) is 4.22. The molecule has 136 valence electrons. The Labute approximate surface area is 159 Å². The lowest BCUT2D eigenvalue weighted by atomic mass is 9.54. The van der Waals surface area contributed by atoms with Gasteiger partial charge in [-0.3, -0.25) is 0 Å². The highest BCUT2D eigenvalue weighted by atomic mass is 28.4. The Morgan fingerprint density at radius 2 is 1.27 bits per heavy atom. The first-order valence-corrected chi connectivity index (χ1v) is 12.4. The van der Waals surface area contributed by atoms with Crippen LogP contribution in [0.25, 0.3) is 0 Å². The third-order valence-corrected chi connectivity index (χ3v) is 8.58. The fraction of sp³-hybridized carbons (Fsp3) is 0.333. The molecule has 1 fully saturated rings. The van der Waals surface area contributed by atoms with Gasteiger partial charge in [0.2, 0.25) is 0 Å². The van der Waals surface area contributed by atoms with E-state index in [4.69, 9.17) is 4.43 Å². The van der Waals surface area contributed by atoms with Gasteiger partial charge in [0, 0.05) is 10.8 Å². The summed E-state index contributed by atoms with van der Waals surface area (Å²) in [5.41, 5.74) is 1.39. The summed E-state index contributed by atoms with van der Waals surface area (Å²) in [6.45, 7) is 17.7. The van der Waals surface area contributed by atoms with Crippen molar-refractivity contribution in [2.45, 2.75) is 38.6 Å². The largest absolute Gasteiger partial charge is 0.403 e. The number of hydrogen-bond donors (Lipinski definition) is 0. The van der Waals surface area contributed by atoms with Crippen LogP contribution in [0.15, 0.2) is 86.0 Å². The second kappa shape index (κ2) is 6.36. The zero-order chi connectivity index (χ0) is 19.1. The predicted molar refractivity (Wildman–Crippen MR) is 114 cm³/mol. The zero-order valence-electron chi connectivity index (χ0n) is 16.5. The van der Waals surface area contributed by atoms with Crippen molar-refractivity contribution in [2.75, 3.05) is 0 Å². The Balaban J connectivity index is 2.42. The molecule has 0 amide bonds. The first kappa shape index (κ1) is 18.9. The summed E-state index contributed by atoms with van der Waals surface area (Å²) in [4.78, 5) is 0. The third kappa shape index (κ3) is 2.55. The monoisotopic (exact) mass is 362 g/mol. The summed E-state index contributed by atoms with van der Waals surface area (Å²) >= 11 is 0. The summed E-state index contributed by atoms with van der Waals surface area (Å²) in [7, 11) is -2.00. The Kier molecular flexibility index (Phi) is 4.62. The molecule has 1 nitrogen and oxygen atoms in total. The highest BCUT2D eigenvalue weighted by Crippen LogP contribution is 2.64. The molecule has 0 atom stereocenters. The second-order valence-electron chi connectivity index (χ2n) is 8.53. The molecule has 0 radical (unpaired) electrons. The third-order valence-electron chi connectivity index (χ3n) is 6.28. The molecule has 0 unspecified atom stereocenters. The Morgan fingerprint density at radius 3 is 1.65 bits per heavy atom. The highest BCUT2D eigenvalue weighted by Gasteiger charge is 2.64. The minimum Gasteiger partial charge on any atom is -0.403 e. The molecule has 2 aromatic rings. The van der Waals surface area contributed by atoms with Crippen molar-refractivity contribution in [1.29, 1.82) is 0 Å². The number of rotatable bonds is 4. The van der Waals surface area contributed by atoms with Crippen molar-refractivity contribution in [3.05, 3.63) is 97.1 Å². The zero-order valence-corrected chi connectivity index (χ0v) is 17.5. The minimum atomic E-state index is -2.00. The van der Waals surface area contributed by atoms with Gasteiger partial charge < -0.3 is 4.43 Å². The highest BCUT2D eigenvalue weighted by molar-refractivity contribution is 6.71. The molecule has 0 saturated carbocycles. The average molecular weight is 363 g/mol. The van der Waals surface area contributed by atoms with Gasteiger partial charge in [-0.15, -0.1) is 13.2 Å². The number of allylic oxidation sites excluding steroid dienone is 2. The smallest absolute Gasteiger partial charge is 0.189 e. The fourth-order valence-corrected chi connectivity index (χ4v) is 8.45. The van der Waals surface area contributed by atoms with E-state index in [9.17, 15) is 0 Å². The summed E-state index contributed by atoms with van der Waals surface area (Å²) in [5, 5.41) is 0. The molecule has 0 bridgehead atoms. The molecule has 0 aromatic heterocycles. The van der Waals surface area contributed by atoms with E-state index >= 15 is 0 Å². The lowest BCUT2D eigenvalue weighted by Gasteiger charge is -2.63. The van der Waals surface area contributed by atoms with Gasteiger partial charge in [-0.2, -0.15) is 0 Å². The van der Waals surface area contributed by atoms with Crippen molar-refractivity contribution < 1.29 is 4.43 Å².